The van der Waals surface area contributed by atoms with Crippen molar-refractivity contribution in [2.24, 2.45) is 5.10 Å². The van der Waals surface area contributed by atoms with Gasteiger partial charge in [-0.05, 0) is 36.4 Å². The molecule has 0 N–H and O–H groups in total. The number of benzene rings is 1. The van der Waals surface area contributed by atoms with E-state index < -0.39 is 0 Å². The van der Waals surface area contributed by atoms with Crippen molar-refractivity contribution in [3.05, 3.63) is 60.8 Å². The van der Waals surface area contributed by atoms with E-state index in [1.807, 2.05) is 48.6 Å². The Bertz CT molecular complexity index is 693. The number of para-hydroxylation sites is 2. The first-order chi connectivity index (χ1) is 8.93. The second-order valence-corrected chi connectivity index (χ2v) is 3.72. The highest BCUT2D eigenvalue weighted by Gasteiger charge is 1.97. The average molecular weight is 237 g/mol. The molecule has 0 spiro atoms. The fourth-order valence-corrected chi connectivity index (χ4v) is 1.67. The normalized spacial score (nSPS) is 12.0. The summed E-state index contributed by atoms with van der Waals surface area (Å²) in [4.78, 5) is 4.25. The number of nitrogens with zero attached hydrogens (tertiary/aromatic N) is 3. The SMILES string of the molecule is C(=C\c1ccco1)/C=N/n1cnc2ccccc21. The van der Waals surface area contributed by atoms with Gasteiger partial charge in [0.25, 0.3) is 0 Å². The minimum atomic E-state index is 0.803. The first-order valence-corrected chi connectivity index (χ1v) is 5.60. The van der Waals surface area contributed by atoms with E-state index in [1.54, 1.807) is 23.5 Å². The number of hydrogen-bond donors (Lipinski definition) is 0. The topological polar surface area (TPSA) is 43.3 Å². The lowest BCUT2D eigenvalue weighted by Crippen LogP contribution is -1.84. The quantitative estimate of drug-likeness (QED) is 0.656. The summed E-state index contributed by atoms with van der Waals surface area (Å²) in [7, 11) is 0. The van der Waals surface area contributed by atoms with Gasteiger partial charge in [-0.15, -0.1) is 0 Å². The first kappa shape index (κ1) is 10.5. The van der Waals surface area contributed by atoms with Crippen LogP contribution in [0.15, 0.2) is 64.6 Å². The van der Waals surface area contributed by atoms with E-state index in [4.69, 9.17) is 4.42 Å². The largest absolute Gasteiger partial charge is 0.465 e. The molecule has 0 aliphatic heterocycles. The van der Waals surface area contributed by atoms with Crippen LogP contribution in [0.5, 0.6) is 0 Å². The van der Waals surface area contributed by atoms with Gasteiger partial charge in [0.2, 0.25) is 0 Å². The van der Waals surface area contributed by atoms with E-state index in [2.05, 4.69) is 10.1 Å². The molecule has 4 heteroatoms. The number of allylic oxidation sites excluding steroid dienone is 1. The highest BCUT2D eigenvalue weighted by molar-refractivity contribution is 5.79. The van der Waals surface area contributed by atoms with Crippen molar-refractivity contribution < 1.29 is 4.42 Å². The van der Waals surface area contributed by atoms with E-state index in [1.165, 1.54) is 0 Å². The van der Waals surface area contributed by atoms with Crippen LogP contribution in [0.25, 0.3) is 17.1 Å². The minimum Gasteiger partial charge on any atom is -0.465 e. The van der Waals surface area contributed by atoms with Gasteiger partial charge in [0.05, 0.1) is 17.3 Å². The maximum absolute atomic E-state index is 5.17. The van der Waals surface area contributed by atoms with Crippen LogP contribution in [0.2, 0.25) is 0 Å². The summed E-state index contributed by atoms with van der Waals surface area (Å²) >= 11 is 0. The molecule has 0 atom stereocenters. The van der Waals surface area contributed by atoms with Gasteiger partial charge in [-0.3, -0.25) is 0 Å². The van der Waals surface area contributed by atoms with E-state index in [0.717, 1.165) is 16.8 Å². The van der Waals surface area contributed by atoms with Crippen LogP contribution >= 0.6 is 0 Å². The number of aromatic nitrogens is 2. The van der Waals surface area contributed by atoms with Crippen LogP contribution in [0.4, 0.5) is 0 Å². The predicted molar refractivity (Wildman–Crippen MR) is 71.4 cm³/mol. The Morgan fingerprint density at radius 2 is 2.11 bits per heavy atom. The van der Waals surface area contributed by atoms with Crippen LogP contribution in [0.1, 0.15) is 5.76 Å². The van der Waals surface area contributed by atoms with Crippen molar-refractivity contribution >= 4 is 23.3 Å². The number of hydrogen-bond acceptors (Lipinski definition) is 3. The van der Waals surface area contributed by atoms with Gasteiger partial charge in [-0.2, -0.15) is 5.10 Å². The molecule has 4 nitrogen and oxygen atoms in total. The van der Waals surface area contributed by atoms with Gasteiger partial charge in [0, 0.05) is 6.21 Å². The highest BCUT2D eigenvalue weighted by Crippen LogP contribution is 2.10. The second kappa shape index (κ2) is 4.71. The molecule has 0 saturated heterocycles. The Labute approximate surface area is 104 Å². The lowest BCUT2D eigenvalue weighted by Gasteiger charge is -1.92. The minimum absolute atomic E-state index is 0.803. The Morgan fingerprint density at radius 1 is 1.17 bits per heavy atom. The molecule has 2 heterocycles. The second-order valence-electron chi connectivity index (χ2n) is 3.72. The molecule has 0 fully saturated rings. The molecule has 88 valence electrons. The summed E-state index contributed by atoms with van der Waals surface area (Å²) in [5.74, 6) is 0.803. The van der Waals surface area contributed by atoms with Crippen molar-refractivity contribution in [3.8, 4) is 0 Å². The molecule has 0 unspecified atom stereocenters. The van der Waals surface area contributed by atoms with E-state index in [-0.39, 0.29) is 0 Å². The predicted octanol–water partition coefficient (Wildman–Crippen LogP) is 3.18. The zero-order chi connectivity index (χ0) is 12.2. The monoisotopic (exact) mass is 237 g/mol. The summed E-state index contributed by atoms with van der Waals surface area (Å²) in [6.45, 7) is 0. The molecule has 0 amide bonds. The van der Waals surface area contributed by atoms with E-state index in [0.29, 0.717) is 0 Å². The summed E-state index contributed by atoms with van der Waals surface area (Å²) in [6.07, 6.45) is 8.72. The van der Waals surface area contributed by atoms with Crippen LogP contribution < -0.4 is 0 Å². The Morgan fingerprint density at radius 3 is 3.00 bits per heavy atom. The van der Waals surface area contributed by atoms with Crippen molar-refractivity contribution in [2.75, 3.05) is 0 Å². The zero-order valence-electron chi connectivity index (χ0n) is 9.60. The van der Waals surface area contributed by atoms with Crippen molar-refractivity contribution in [3.63, 3.8) is 0 Å². The number of rotatable bonds is 3. The highest BCUT2D eigenvalue weighted by atomic mass is 16.3. The first-order valence-electron chi connectivity index (χ1n) is 5.60. The molecular weight excluding hydrogens is 226 g/mol. The standard InChI is InChI=1S/C14H11N3O/c1-2-8-14-13(7-1)15-11-17(14)16-9-3-5-12-6-4-10-18-12/h1-11H/b5-3+,16-9+. The van der Waals surface area contributed by atoms with Gasteiger partial charge in [-0.1, -0.05) is 12.1 Å². The molecule has 3 rings (SSSR count). The molecular formula is C14H11N3O. The smallest absolute Gasteiger partial charge is 0.126 e. The van der Waals surface area contributed by atoms with Crippen LogP contribution in [-0.4, -0.2) is 15.9 Å². The third-order valence-corrected chi connectivity index (χ3v) is 2.52. The molecule has 2 aromatic heterocycles. The van der Waals surface area contributed by atoms with Gasteiger partial charge in [0.1, 0.15) is 12.1 Å². The third kappa shape index (κ3) is 2.08. The Kier molecular flexibility index (Phi) is 2.75. The van der Waals surface area contributed by atoms with Crippen LogP contribution in [0, 0.1) is 0 Å². The average Bonchev–Trinajstić information content (AvgIpc) is 3.04. The lowest BCUT2D eigenvalue weighted by molar-refractivity contribution is 0.557. The fraction of sp³-hybridized carbons (Fsp3) is 0. The van der Waals surface area contributed by atoms with Gasteiger partial charge in [-0.25, -0.2) is 9.66 Å². The molecule has 0 aliphatic carbocycles. The molecule has 0 radical (unpaired) electrons. The maximum atomic E-state index is 5.17. The fourth-order valence-electron chi connectivity index (χ4n) is 1.67. The van der Waals surface area contributed by atoms with Gasteiger partial charge >= 0.3 is 0 Å². The van der Waals surface area contributed by atoms with Crippen LogP contribution in [0.3, 0.4) is 0 Å². The van der Waals surface area contributed by atoms with Gasteiger partial charge < -0.3 is 4.42 Å². The van der Waals surface area contributed by atoms with Crippen LogP contribution in [-0.2, 0) is 0 Å². The third-order valence-electron chi connectivity index (χ3n) is 2.52. The van der Waals surface area contributed by atoms with Gasteiger partial charge in [0.15, 0.2) is 0 Å². The number of imidazole rings is 1. The molecule has 1 aromatic carbocycles. The molecule has 0 bridgehead atoms. The lowest BCUT2D eigenvalue weighted by atomic mass is 10.3. The molecule has 18 heavy (non-hydrogen) atoms. The summed E-state index contributed by atoms with van der Waals surface area (Å²) in [5.41, 5.74) is 1.92. The van der Waals surface area contributed by atoms with Crippen molar-refractivity contribution in [2.45, 2.75) is 0 Å². The van der Waals surface area contributed by atoms with Crippen molar-refractivity contribution in [1.29, 1.82) is 0 Å². The van der Waals surface area contributed by atoms with Crippen molar-refractivity contribution in [1.82, 2.24) is 9.66 Å². The zero-order valence-corrected chi connectivity index (χ0v) is 9.60. The number of furan rings is 1. The van der Waals surface area contributed by atoms with E-state index in [9.17, 15) is 0 Å². The Hall–Kier alpha value is -2.62. The maximum Gasteiger partial charge on any atom is 0.126 e. The summed E-state index contributed by atoms with van der Waals surface area (Å²) in [6, 6.07) is 11.6. The molecule has 3 aromatic rings. The number of fused-ring (bicyclic) bond motifs is 1. The summed E-state index contributed by atoms with van der Waals surface area (Å²) in [5, 5.41) is 4.29. The summed E-state index contributed by atoms with van der Waals surface area (Å²) < 4.78 is 6.91. The Balaban J connectivity index is 1.80. The molecule has 0 aliphatic rings. The van der Waals surface area contributed by atoms with E-state index >= 15 is 0 Å². The molecule has 0 saturated carbocycles.